The van der Waals surface area contributed by atoms with E-state index in [4.69, 9.17) is 10.5 Å². The third kappa shape index (κ3) is 3.67. The van der Waals surface area contributed by atoms with Gasteiger partial charge in [0.15, 0.2) is 5.75 Å². The van der Waals surface area contributed by atoms with E-state index in [1.165, 1.54) is 7.11 Å². The lowest BCUT2D eigenvalue weighted by Gasteiger charge is -2.20. The van der Waals surface area contributed by atoms with Gasteiger partial charge in [-0.25, -0.2) is 0 Å². The van der Waals surface area contributed by atoms with Crippen LogP contribution < -0.4 is 15.8 Å². The van der Waals surface area contributed by atoms with Crippen molar-refractivity contribution in [1.29, 1.82) is 0 Å². The number of amides is 1. The van der Waals surface area contributed by atoms with E-state index in [1.807, 2.05) is 0 Å². The normalized spacial score (nSPS) is 19.0. The van der Waals surface area contributed by atoms with Crippen molar-refractivity contribution in [3.63, 3.8) is 0 Å². The number of likely N-dealkylation sites (tertiary alicyclic amines) is 1. The average Bonchev–Trinajstić information content (AvgIpc) is 2.93. The summed E-state index contributed by atoms with van der Waals surface area (Å²) < 4.78 is 5.22. The number of hydrogen-bond donors (Lipinski definition) is 2. The largest absolute Gasteiger partial charge is 0.494 e. The number of ether oxygens (including phenoxy) is 1. The van der Waals surface area contributed by atoms with E-state index < -0.39 is 0 Å². The summed E-state index contributed by atoms with van der Waals surface area (Å²) in [4.78, 5) is 14.7. The summed E-state index contributed by atoms with van der Waals surface area (Å²) in [6, 6.07) is 5.80. The number of carbonyl (C=O) groups is 1. The summed E-state index contributed by atoms with van der Waals surface area (Å²) in [5.41, 5.74) is 6.81. The molecule has 3 N–H and O–H groups in total. The number of methoxy groups -OCH3 is 1. The number of nitrogens with one attached hydrogen (secondary N) is 1. The van der Waals surface area contributed by atoms with Crippen LogP contribution in [0.4, 0.5) is 5.69 Å². The maximum Gasteiger partial charge on any atom is 0.255 e. The number of para-hydroxylation sites is 1. The zero-order valence-corrected chi connectivity index (χ0v) is 13.1. The van der Waals surface area contributed by atoms with Gasteiger partial charge in [-0.1, -0.05) is 6.07 Å². The summed E-state index contributed by atoms with van der Waals surface area (Å²) in [5, 5.41) is 3.00. The first-order valence-electron chi connectivity index (χ1n) is 7.47. The maximum absolute atomic E-state index is 12.3. The fourth-order valence-corrected chi connectivity index (χ4v) is 2.79. The molecule has 0 radical (unpaired) electrons. The van der Waals surface area contributed by atoms with Crippen molar-refractivity contribution in [3.05, 3.63) is 23.8 Å². The molecule has 5 nitrogen and oxygen atoms in total. The first-order valence-corrected chi connectivity index (χ1v) is 7.47. The van der Waals surface area contributed by atoms with Crippen LogP contribution in [0.25, 0.3) is 0 Å². The van der Waals surface area contributed by atoms with Crippen molar-refractivity contribution < 1.29 is 9.53 Å². The number of nitrogens with two attached hydrogens (primary N) is 1. The molecule has 2 rings (SSSR count). The molecule has 1 aliphatic rings. The Labute approximate surface area is 126 Å². The minimum Gasteiger partial charge on any atom is -0.494 e. The summed E-state index contributed by atoms with van der Waals surface area (Å²) in [5.74, 6) is 0.843. The predicted molar refractivity (Wildman–Crippen MR) is 84.6 cm³/mol. The molecular weight excluding hydrogens is 266 g/mol. The van der Waals surface area contributed by atoms with E-state index >= 15 is 0 Å². The quantitative estimate of drug-likeness (QED) is 0.811. The molecule has 1 aromatic rings. The number of nitrogens with zero attached hydrogens (tertiary/aromatic N) is 1. The zero-order valence-electron chi connectivity index (χ0n) is 13.1. The van der Waals surface area contributed by atoms with Crippen molar-refractivity contribution in [2.24, 2.45) is 5.92 Å². The number of anilines is 1. The number of carbonyl (C=O) groups excluding carboxylic acids is 1. The van der Waals surface area contributed by atoms with E-state index in [-0.39, 0.29) is 5.91 Å². The van der Waals surface area contributed by atoms with Gasteiger partial charge >= 0.3 is 0 Å². The third-order valence-corrected chi connectivity index (χ3v) is 4.09. The molecule has 1 saturated heterocycles. The molecule has 116 valence electrons. The molecule has 0 spiro atoms. The Balaban J connectivity index is 1.93. The second-order valence-electron chi connectivity index (χ2n) is 5.88. The average molecular weight is 291 g/mol. The Bertz CT molecular complexity index is 502. The third-order valence-electron chi connectivity index (χ3n) is 4.09. The molecule has 21 heavy (non-hydrogen) atoms. The Morgan fingerprint density at radius 2 is 2.29 bits per heavy atom. The number of rotatable bonds is 5. The topological polar surface area (TPSA) is 67.6 Å². The molecule has 1 unspecified atom stereocenters. The van der Waals surface area contributed by atoms with E-state index in [2.05, 4.69) is 24.1 Å². The van der Waals surface area contributed by atoms with Crippen LogP contribution in [0.15, 0.2) is 18.2 Å². The summed E-state index contributed by atoms with van der Waals surface area (Å²) in [7, 11) is 1.53. The highest BCUT2D eigenvalue weighted by Gasteiger charge is 2.25. The standard InChI is InChI=1S/C16H25N3O2/c1-11(2)19-8-7-12(10-19)9-18-16(20)13-5-4-6-14(17)15(13)21-3/h4-6,11-12H,7-10,17H2,1-3H3,(H,18,20). The molecule has 1 aliphatic heterocycles. The highest BCUT2D eigenvalue weighted by atomic mass is 16.5. The fourth-order valence-electron chi connectivity index (χ4n) is 2.79. The predicted octanol–water partition coefficient (Wildman–Crippen LogP) is 1.74. The second kappa shape index (κ2) is 6.80. The lowest BCUT2D eigenvalue weighted by atomic mass is 10.1. The van der Waals surface area contributed by atoms with Gasteiger partial charge in [0.1, 0.15) is 0 Å². The van der Waals surface area contributed by atoms with Gasteiger partial charge in [0.25, 0.3) is 5.91 Å². The SMILES string of the molecule is COc1c(N)cccc1C(=O)NCC1CCN(C(C)C)C1. The Morgan fingerprint density at radius 3 is 2.90 bits per heavy atom. The van der Waals surface area contributed by atoms with E-state index in [1.54, 1.807) is 18.2 Å². The van der Waals surface area contributed by atoms with Gasteiger partial charge in [-0.15, -0.1) is 0 Å². The molecule has 0 aliphatic carbocycles. The van der Waals surface area contributed by atoms with E-state index in [9.17, 15) is 4.79 Å². The molecule has 0 bridgehead atoms. The van der Waals surface area contributed by atoms with Crippen molar-refractivity contribution >= 4 is 11.6 Å². The smallest absolute Gasteiger partial charge is 0.255 e. The lowest BCUT2D eigenvalue weighted by Crippen LogP contribution is -2.33. The Kier molecular flexibility index (Phi) is 5.07. The second-order valence-corrected chi connectivity index (χ2v) is 5.88. The van der Waals surface area contributed by atoms with Gasteiger partial charge in [0.05, 0.1) is 18.4 Å². The van der Waals surface area contributed by atoms with Gasteiger partial charge in [-0.2, -0.15) is 0 Å². The van der Waals surface area contributed by atoms with Crippen molar-refractivity contribution in [2.45, 2.75) is 26.3 Å². The summed E-state index contributed by atoms with van der Waals surface area (Å²) >= 11 is 0. The van der Waals surface area contributed by atoms with Gasteiger partial charge < -0.3 is 20.7 Å². The van der Waals surface area contributed by atoms with Crippen LogP contribution in [0.5, 0.6) is 5.75 Å². The molecule has 1 amide bonds. The van der Waals surface area contributed by atoms with Crippen LogP contribution in [-0.2, 0) is 0 Å². The summed E-state index contributed by atoms with van der Waals surface area (Å²) in [6.45, 7) is 7.27. The first-order chi connectivity index (χ1) is 10.0. The minimum absolute atomic E-state index is 0.123. The van der Waals surface area contributed by atoms with Crippen molar-refractivity contribution in [3.8, 4) is 5.75 Å². The van der Waals surface area contributed by atoms with Gasteiger partial charge in [0.2, 0.25) is 0 Å². The van der Waals surface area contributed by atoms with E-state index in [0.29, 0.717) is 35.5 Å². The van der Waals surface area contributed by atoms with Crippen LogP contribution >= 0.6 is 0 Å². The summed E-state index contributed by atoms with van der Waals surface area (Å²) in [6.07, 6.45) is 1.13. The molecule has 5 heteroatoms. The molecule has 1 atom stereocenters. The van der Waals surface area contributed by atoms with Crippen LogP contribution in [0, 0.1) is 5.92 Å². The highest BCUT2D eigenvalue weighted by Crippen LogP contribution is 2.26. The monoisotopic (exact) mass is 291 g/mol. The van der Waals surface area contributed by atoms with Crippen LogP contribution in [0.2, 0.25) is 0 Å². The zero-order chi connectivity index (χ0) is 15.4. The molecular formula is C16H25N3O2. The van der Waals surface area contributed by atoms with Crippen LogP contribution in [0.1, 0.15) is 30.6 Å². The van der Waals surface area contributed by atoms with Crippen molar-refractivity contribution in [2.75, 3.05) is 32.5 Å². The highest BCUT2D eigenvalue weighted by molar-refractivity contribution is 5.98. The number of nitrogen functional groups attached to an aromatic ring is 1. The molecule has 1 fully saturated rings. The van der Waals surface area contributed by atoms with Crippen LogP contribution in [-0.4, -0.2) is 43.6 Å². The minimum atomic E-state index is -0.123. The molecule has 0 saturated carbocycles. The van der Waals surface area contributed by atoms with E-state index in [0.717, 1.165) is 19.5 Å². The van der Waals surface area contributed by atoms with Crippen molar-refractivity contribution in [1.82, 2.24) is 10.2 Å². The van der Waals surface area contributed by atoms with Gasteiger partial charge in [-0.05, 0) is 44.9 Å². The van der Waals surface area contributed by atoms with Crippen LogP contribution in [0.3, 0.4) is 0 Å². The number of hydrogen-bond acceptors (Lipinski definition) is 4. The molecule has 0 aromatic heterocycles. The van der Waals surface area contributed by atoms with Gasteiger partial charge in [0, 0.05) is 19.1 Å². The Hall–Kier alpha value is -1.75. The maximum atomic E-state index is 12.3. The fraction of sp³-hybridized carbons (Fsp3) is 0.562. The number of benzene rings is 1. The first kappa shape index (κ1) is 15.6. The lowest BCUT2D eigenvalue weighted by molar-refractivity contribution is 0.0944. The van der Waals surface area contributed by atoms with Gasteiger partial charge in [-0.3, -0.25) is 4.79 Å². The Morgan fingerprint density at radius 1 is 1.52 bits per heavy atom. The molecule has 1 aromatic carbocycles. The molecule has 1 heterocycles.